The van der Waals surface area contributed by atoms with Gasteiger partial charge in [0.15, 0.2) is 0 Å². The average Bonchev–Trinajstić information content (AvgIpc) is 2.38. The van der Waals surface area contributed by atoms with Crippen molar-refractivity contribution in [3.8, 4) is 0 Å². The predicted molar refractivity (Wildman–Crippen MR) is 87.5 cm³/mol. The molecule has 0 radical (unpaired) electrons. The lowest BCUT2D eigenvalue weighted by Crippen LogP contribution is -2.36. The van der Waals surface area contributed by atoms with Gasteiger partial charge in [-0.3, -0.25) is 0 Å². The van der Waals surface area contributed by atoms with E-state index in [1.54, 1.807) is 7.11 Å². The molecule has 1 unspecified atom stereocenters. The fourth-order valence-corrected chi connectivity index (χ4v) is 2.45. The minimum absolute atomic E-state index is 0.393. The minimum Gasteiger partial charge on any atom is -0.383 e. The van der Waals surface area contributed by atoms with Gasteiger partial charge in [0.1, 0.15) is 0 Å². The molecule has 0 saturated carbocycles. The van der Waals surface area contributed by atoms with Crippen molar-refractivity contribution >= 4 is 5.69 Å². The number of rotatable bonds is 8. The number of methoxy groups -OCH3 is 1. The maximum atomic E-state index is 5.28. The Morgan fingerprint density at radius 2 is 1.95 bits per heavy atom. The first kappa shape index (κ1) is 17.0. The van der Waals surface area contributed by atoms with E-state index in [0.717, 1.165) is 19.7 Å². The van der Waals surface area contributed by atoms with E-state index in [9.17, 15) is 0 Å². The van der Waals surface area contributed by atoms with Crippen molar-refractivity contribution < 1.29 is 4.74 Å². The van der Waals surface area contributed by atoms with Gasteiger partial charge < -0.3 is 15.0 Å². The van der Waals surface area contributed by atoms with Crippen molar-refractivity contribution in [1.29, 1.82) is 0 Å². The van der Waals surface area contributed by atoms with Crippen molar-refractivity contribution in [2.24, 2.45) is 0 Å². The summed E-state index contributed by atoms with van der Waals surface area (Å²) in [6.45, 7) is 13.6. The molecule has 0 fully saturated rings. The highest BCUT2D eigenvalue weighted by Gasteiger charge is 2.13. The van der Waals surface area contributed by atoms with E-state index in [1.807, 2.05) is 0 Å². The molecule has 0 spiro atoms. The summed E-state index contributed by atoms with van der Waals surface area (Å²) in [7, 11) is 1.76. The van der Waals surface area contributed by atoms with Crippen LogP contribution in [0.25, 0.3) is 0 Å². The van der Waals surface area contributed by atoms with Gasteiger partial charge in [-0.15, -0.1) is 0 Å². The average molecular weight is 278 g/mol. The van der Waals surface area contributed by atoms with Gasteiger partial charge in [0.05, 0.1) is 6.61 Å². The van der Waals surface area contributed by atoms with Crippen LogP contribution >= 0.6 is 0 Å². The molecule has 3 nitrogen and oxygen atoms in total. The Morgan fingerprint density at radius 1 is 1.25 bits per heavy atom. The van der Waals surface area contributed by atoms with Gasteiger partial charge in [-0.05, 0) is 44.0 Å². The molecule has 114 valence electrons. The van der Waals surface area contributed by atoms with Crippen LogP contribution in [0.5, 0.6) is 0 Å². The van der Waals surface area contributed by atoms with Gasteiger partial charge in [0.2, 0.25) is 0 Å². The topological polar surface area (TPSA) is 24.5 Å². The Hall–Kier alpha value is -1.06. The van der Waals surface area contributed by atoms with Gasteiger partial charge in [0, 0.05) is 38.0 Å². The zero-order valence-electron chi connectivity index (χ0n) is 13.9. The Labute approximate surface area is 124 Å². The lowest BCUT2D eigenvalue weighted by molar-refractivity contribution is 0.182. The quantitative estimate of drug-likeness (QED) is 0.789. The number of aryl methyl sites for hydroxylation is 1. The maximum absolute atomic E-state index is 5.28. The fourth-order valence-electron chi connectivity index (χ4n) is 2.45. The summed E-state index contributed by atoms with van der Waals surface area (Å²) in [5, 5.41) is 3.47. The van der Waals surface area contributed by atoms with E-state index in [2.05, 4.69) is 63.0 Å². The summed E-state index contributed by atoms with van der Waals surface area (Å²) in [6, 6.07) is 7.65. The normalized spacial score (nSPS) is 12.8. The third kappa shape index (κ3) is 4.80. The zero-order valence-corrected chi connectivity index (χ0v) is 13.9. The van der Waals surface area contributed by atoms with Crippen molar-refractivity contribution in [2.75, 3.05) is 25.2 Å². The molecule has 0 amide bonds. The lowest BCUT2D eigenvalue weighted by atomic mass is 10.1. The third-order valence-corrected chi connectivity index (χ3v) is 3.64. The molecule has 1 N–H and O–H groups in total. The van der Waals surface area contributed by atoms with Crippen LogP contribution in [-0.2, 0) is 11.3 Å². The van der Waals surface area contributed by atoms with Crippen LogP contribution in [-0.4, -0.2) is 32.3 Å². The van der Waals surface area contributed by atoms with Crippen molar-refractivity contribution in [1.82, 2.24) is 5.32 Å². The highest BCUT2D eigenvalue weighted by Crippen LogP contribution is 2.21. The van der Waals surface area contributed by atoms with Gasteiger partial charge in [-0.25, -0.2) is 0 Å². The monoisotopic (exact) mass is 278 g/mol. The molecular weight excluding hydrogens is 248 g/mol. The number of nitrogens with one attached hydrogen (secondary N) is 1. The Balaban J connectivity index is 2.83. The summed E-state index contributed by atoms with van der Waals surface area (Å²) in [5.74, 6) is 0. The Morgan fingerprint density at radius 3 is 2.45 bits per heavy atom. The van der Waals surface area contributed by atoms with Crippen molar-refractivity contribution in [2.45, 2.75) is 53.2 Å². The second-order valence-corrected chi connectivity index (χ2v) is 5.74. The molecule has 0 aliphatic carbocycles. The maximum Gasteiger partial charge on any atom is 0.0663 e. The van der Waals surface area contributed by atoms with E-state index >= 15 is 0 Å². The zero-order chi connectivity index (χ0) is 15.1. The Kier molecular flexibility index (Phi) is 7.03. The van der Waals surface area contributed by atoms with Crippen LogP contribution in [0.15, 0.2) is 18.2 Å². The van der Waals surface area contributed by atoms with E-state index in [-0.39, 0.29) is 0 Å². The fraction of sp³-hybridized carbons (Fsp3) is 0.647. The number of likely N-dealkylation sites (N-methyl/N-ethyl adjacent to an activating group) is 1. The van der Waals surface area contributed by atoms with E-state index in [4.69, 9.17) is 4.74 Å². The summed E-state index contributed by atoms with van der Waals surface area (Å²) in [4.78, 5) is 2.39. The molecule has 1 atom stereocenters. The molecule has 0 bridgehead atoms. The SMILES string of the molecule is CCN(c1ccc(CNC(C)C)c(C)c1)C(C)COC. The van der Waals surface area contributed by atoms with Gasteiger partial charge in [0.25, 0.3) is 0 Å². The van der Waals surface area contributed by atoms with Crippen LogP contribution < -0.4 is 10.2 Å². The third-order valence-electron chi connectivity index (χ3n) is 3.64. The molecule has 0 aliphatic heterocycles. The molecule has 0 aliphatic rings. The van der Waals surface area contributed by atoms with Crippen molar-refractivity contribution in [3.63, 3.8) is 0 Å². The molecule has 0 aromatic heterocycles. The largest absolute Gasteiger partial charge is 0.383 e. The number of hydrogen-bond donors (Lipinski definition) is 1. The van der Waals surface area contributed by atoms with Gasteiger partial charge in [-0.1, -0.05) is 19.9 Å². The van der Waals surface area contributed by atoms with Crippen LogP contribution in [0.4, 0.5) is 5.69 Å². The van der Waals surface area contributed by atoms with Crippen LogP contribution in [0, 0.1) is 6.92 Å². The molecule has 1 rings (SSSR count). The molecule has 0 saturated heterocycles. The molecular formula is C17H30N2O. The Bertz CT molecular complexity index is 404. The second-order valence-electron chi connectivity index (χ2n) is 5.74. The second kappa shape index (κ2) is 8.28. The summed E-state index contributed by atoms with van der Waals surface area (Å²) in [6.07, 6.45) is 0. The molecule has 1 aromatic rings. The number of nitrogens with zero attached hydrogens (tertiary/aromatic N) is 1. The smallest absolute Gasteiger partial charge is 0.0663 e. The van der Waals surface area contributed by atoms with Crippen LogP contribution in [0.1, 0.15) is 38.8 Å². The summed E-state index contributed by atoms with van der Waals surface area (Å²) >= 11 is 0. The van der Waals surface area contributed by atoms with E-state index in [0.29, 0.717) is 12.1 Å². The number of hydrogen-bond acceptors (Lipinski definition) is 3. The molecule has 3 heteroatoms. The van der Waals surface area contributed by atoms with E-state index < -0.39 is 0 Å². The minimum atomic E-state index is 0.393. The first-order valence-electron chi connectivity index (χ1n) is 7.58. The van der Waals surface area contributed by atoms with Crippen molar-refractivity contribution in [3.05, 3.63) is 29.3 Å². The van der Waals surface area contributed by atoms with Crippen LogP contribution in [0.2, 0.25) is 0 Å². The number of anilines is 1. The summed E-state index contributed by atoms with van der Waals surface area (Å²) in [5.41, 5.74) is 4.00. The predicted octanol–water partition coefficient (Wildman–Crippen LogP) is 3.35. The van der Waals surface area contributed by atoms with Gasteiger partial charge >= 0.3 is 0 Å². The number of ether oxygens (including phenoxy) is 1. The van der Waals surface area contributed by atoms with Gasteiger partial charge in [-0.2, -0.15) is 0 Å². The summed E-state index contributed by atoms with van der Waals surface area (Å²) < 4.78 is 5.28. The standard InChI is InChI=1S/C17H30N2O/c1-7-19(15(5)12-20-6)17-9-8-16(14(4)10-17)11-18-13(2)3/h8-10,13,15,18H,7,11-12H2,1-6H3. The van der Waals surface area contributed by atoms with E-state index in [1.165, 1.54) is 16.8 Å². The highest BCUT2D eigenvalue weighted by atomic mass is 16.5. The highest BCUT2D eigenvalue weighted by molar-refractivity contribution is 5.51. The van der Waals surface area contributed by atoms with Crippen LogP contribution in [0.3, 0.4) is 0 Å². The molecule has 0 heterocycles. The first-order chi connectivity index (χ1) is 9.49. The molecule has 20 heavy (non-hydrogen) atoms. The molecule has 1 aromatic carbocycles. The lowest BCUT2D eigenvalue weighted by Gasteiger charge is -2.30. The first-order valence-corrected chi connectivity index (χ1v) is 7.58. The number of benzene rings is 1.